The van der Waals surface area contributed by atoms with Gasteiger partial charge in [0.1, 0.15) is 5.75 Å². The molecule has 24 heavy (non-hydrogen) atoms. The van der Waals surface area contributed by atoms with E-state index in [0.29, 0.717) is 24.2 Å². The van der Waals surface area contributed by atoms with Crippen LogP contribution in [0, 0.1) is 0 Å². The molecule has 6 nitrogen and oxygen atoms in total. The average Bonchev–Trinajstić information content (AvgIpc) is 2.54. The summed E-state index contributed by atoms with van der Waals surface area (Å²) < 4.78 is 4.36. The molecule has 1 aromatic carbocycles. The maximum absolute atomic E-state index is 12.2. The van der Waals surface area contributed by atoms with E-state index in [1.54, 1.807) is 12.1 Å². The summed E-state index contributed by atoms with van der Waals surface area (Å²) in [5.74, 6) is -0.0112. The van der Waals surface area contributed by atoms with Crippen molar-refractivity contribution in [3.8, 4) is 5.75 Å². The molecule has 0 aromatic heterocycles. The van der Waals surface area contributed by atoms with Crippen LogP contribution in [0.2, 0.25) is 0 Å². The van der Waals surface area contributed by atoms with Gasteiger partial charge < -0.3 is 5.11 Å². The molecule has 1 aliphatic heterocycles. The second-order valence-electron chi connectivity index (χ2n) is 6.13. The van der Waals surface area contributed by atoms with E-state index in [-0.39, 0.29) is 16.4 Å². The molecule has 1 aromatic rings. The SMILES string of the molecule is CCc1cc2c(cc1O)C(C)(C)C1=CC(=O)C(SOOO)=CC1=N2. The van der Waals surface area contributed by atoms with Crippen LogP contribution < -0.4 is 0 Å². The highest BCUT2D eigenvalue weighted by Crippen LogP contribution is 2.46. The summed E-state index contributed by atoms with van der Waals surface area (Å²) >= 11 is 0.627. The van der Waals surface area contributed by atoms with Gasteiger partial charge in [-0.1, -0.05) is 25.8 Å². The number of aliphatic imine (C=N–C) groups is 1. The van der Waals surface area contributed by atoms with E-state index in [1.807, 2.05) is 26.8 Å². The summed E-state index contributed by atoms with van der Waals surface area (Å²) in [6.45, 7) is 5.95. The Bertz CT molecular complexity index is 807. The lowest BCUT2D eigenvalue weighted by Crippen LogP contribution is -2.31. The van der Waals surface area contributed by atoms with Gasteiger partial charge in [0.05, 0.1) is 28.3 Å². The minimum absolute atomic E-state index is 0.242. The van der Waals surface area contributed by atoms with Crippen molar-refractivity contribution in [2.24, 2.45) is 4.99 Å². The summed E-state index contributed by atoms with van der Waals surface area (Å²) in [4.78, 5) is 17.1. The lowest BCUT2D eigenvalue weighted by Gasteiger charge is -2.35. The molecule has 2 aliphatic rings. The van der Waals surface area contributed by atoms with Gasteiger partial charge in [0.15, 0.2) is 5.78 Å². The fourth-order valence-corrected chi connectivity index (χ4v) is 3.44. The maximum Gasteiger partial charge on any atom is 0.195 e. The van der Waals surface area contributed by atoms with Crippen molar-refractivity contribution >= 4 is 29.2 Å². The van der Waals surface area contributed by atoms with Gasteiger partial charge in [0.25, 0.3) is 0 Å². The van der Waals surface area contributed by atoms with Gasteiger partial charge in [-0.25, -0.2) is 10.2 Å². The Morgan fingerprint density at radius 3 is 2.71 bits per heavy atom. The second kappa shape index (κ2) is 6.18. The third kappa shape index (κ3) is 2.69. The minimum Gasteiger partial charge on any atom is -0.508 e. The zero-order chi connectivity index (χ0) is 17.5. The summed E-state index contributed by atoms with van der Waals surface area (Å²) in [5, 5.41) is 22.0. The van der Waals surface area contributed by atoms with Crippen molar-refractivity contribution < 1.29 is 24.5 Å². The Kier molecular flexibility index (Phi) is 4.35. The molecule has 2 N–H and O–H groups in total. The third-order valence-electron chi connectivity index (χ3n) is 4.38. The number of carbonyl (C=O) groups excluding carboxylic acids is 1. The maximum atomic E-state index is 12.2. The minimum atomic E-state index is -0.479. The van der Waals surface area contributed by atoms with Gasteiger partial charge in [-0.15, -0.1) is 4.33 Å². The van der Waals surface area contributed by atoms with Crippen LogP contribution in [0.1, 0.15) is 31.9 Å². The van der Waals surface area contributed by atoms with E-state index >= 15 is 0 Å². The van der Waals surface area contributed by atoms with E-state index in [9.17, 15) is 9.90 Å². The van der Waals surface area contributed by atoms with Crippen LogP contribution in [0.3, 0.4) is 0 Å². The second-order valence-corrected chi connectivity index (χ2v) is 6.87. The summed E-state index contributed by atoms with van der Waals surface area (Å²) in [6, 6.07) is 3.61. The molecule has 126 valence electrons. The van der Waals surface area contributed by atoms with Crippen LogP contribution in [-0.4, -0.2) is 21.9 Å². The number of nitrogens with zero attached hydrogens (tertiary/aromatic N) is 1. The molecule has 1 heterocycles. The monoisotopic (exact) mass is 347 g/mol. The molecule has 0 fully saturated rings. The van der Waals surface area contributed by atoms with E-state index in [4.69, 9.17) is 5.26 Å². The highest BCUT2D eigenvalue weighted by molar-refractivity contribution is 7.99. The summed E-state index contributed by atoms with van der Waals surface area (Å²) in [7, 11) is 0. The van der Waals surface area contributed by atoms with Crippen molar-refractivity contribution in [2.75, 3.05) is 0 Å². The lowest BCUT2D eigenvalue weighted by atomic mass is 9.71. The largest absolute Gasteiger partial charge is 0.508 e. The van der Waals surface area contributed by atoms with E-state index < -0.39 is 5.41 Å². The summed E-state index contributed by atoms with van der Waals surface area (Å²) in [6.07, 6.45) is 3.82. The molecule has 7 heteroatoms. The number of carbonyl (C=O) groups is 1. The van der Waals surface area contributed by atoms with Crippen molar-refractivity contribution in [3.63, 3.8) is 0 Å². The Morgan fingerprint density at radius 1 is 1.29 bits per heavy atom. The fourth-order valence-electron chi connectivity index (χ4n) is 3.03. The Hall–Kier alpha value is -1.93. The quantitative estimate of drug-likeness (QED) is 0.373. The number of aromatic hydroxyl groups is 1. The van der Waals surface area contributed by atoms with Gasteiger partial charge in [-0.3, -0.25) is 4.79 Å². The van der Waals surface area contributed by atoms with Gasteiger partial charge in [0.2, 0.25) is 0 Å². The van der Waals surface area contributed by atoms with Crippen molar-refractivity contribution in [1.82, 2.24) is 0 Å². The molecule has 0 unspecified atom stereocenters. The molecule has 1 aliphatic carbocycles. The average molecular weight is 347 g/mol. The number of ketones is 1. The number of benzene rings is 1. The molecule has 0 atom stereocenters. The predicted octanol–water partition coefficient (Wildman–Crippen LogP) is 3.78. The zero-order valence-corrected chi connectivity index (χ0v) is 14.3. The van der Waals surface area contributed by atoms with Gasteiger partial charge in [0, 0.05) is 5.41 Å². The molecular formula is C17H17NO5S. The Morgan fingerprint density at radius 2 is 2.04 bits per heavy atom. The number of rotatable bonds is 4. The summed E-state index contributed by atoms with van der Waals surface area (Å²) in [5.41, 5.74) is 3.42. The number of phenols is 1. The highest BCUT2D eigenvalue weighted by Gasteiger charge is 2.37. The molecule has 0 saturated carbocycles. The van der Waals surface area contributed by atoms with Crippen molar-refractivity contribution in [1.29, 1.82) is 0 Å². The smallest absolute Gasteiger partial charge is 0.195 e. The Labute approximate surface area is 143 Å². The fraction of sp³-hybridized carbons (Fsp3) is 0.294. The molecule has 0 saturated heterocycles. The normalized spacial score (nSPS) is 18.3. The van der Waals surface area contributed by atoms with E-state index in [2.05, 4.69) is 14.4 Å². The van der Waals surface area contributed by atoms with Crippen molar-refractivity contribution in [2.45, 2.75) is 32.6 Å². The number of phenolic OH excluding ortho intramolecular Hbond substituents is 1. The highest BCUT2D eigenvalue weighted by atomic mass is 32.2. The first kappa shape index (κ1) is 16.9. The first-order valence-electron chi connectivity index (χ1n) is 7.47. The molecule has 0 spiro atoms. The molecular weight excluding hydrogens is 330 g/mol. The van der Waals surface area contributed by atoms with Crippen LogP contribution in [0.25, 0.3) is 0 Å². The van der Waals surface area contributed by atoms with Gasteiger partial charge in [-0.05, 0) is 47.4 Å². The van der Waals surface area contributed by atoms with Gasteiger partial charge >= 0.3 is 0 Å². The van der Waals surface area contributed by atoms with Gasteiger partial charge in [-0.2, -0.15) is 0 Å². The molecule has 0 radical (unpaired) electrons. The molecule has 0 bridgehead atoms. The lowest BCUT2D eigenvalue weighted by molar-refractivity contribution is -0.431. The Balaban J connectivity index is 2.14. The first-order chi connectivity index (χ1) is 11.4. The van der Waals surface area contributed by atoms with Crippen LogP contribution in [0.5, 0.6) is 5.75 Å². The number of hydrogen-bond acceptors (Lipinski definition) is 7. The number of aryl methyl sites for hydroxylation is 1. The van der Waals surface area contributed by atoms with Crippen LogP contribution in [0.15, 0.2) is 39.8 Å². The zero-order valence-electron chi connectivity index (χ0n) is 13.5. The number of allylic oxidation sites excluding steroid dienone is 4. The standard InChI is InChI=1S/C17H17NO5S/c1-4-9-5-12-10(6-14(9)19)17(2,3)11-7-15(20)16(24-23-22-21)8-13(11)18-12/h5-8,19,21H,4H2,1-3H3. The number of fused-ring (bicyclic) bond motifs is 2. The van der Waals surface area contributed by atoms with Crippen LogP contribution in [-0.2, 0) is 26.0 Å². The first-order valence-corrected chi connectivity index (χ1v) is 8.21. The van der Waals surface area contributed by atoms with Crippen molar-refractivity contribution in [3.05, 3.63) is 45.9 Å². The number of hydrogen-bond donors (Lipinski definition) is 2. The van der Waals surface area contributed by atoms with E-state index in [1.165, 1.54) is 6.08 Å². The van der Waals surface area contributed by atoms with E-state index in [0.717, 1.165) is 22.4 Å². The third-order valence-corrected chi connectivity index (χ3v) is 5.01. The van der Waals surface area contributed by atoms with Crippen LogP contribution in [0.4, 0.5) is 5.69 Å². The predicted molar refractivity (Wildman–Crippen MR) is 91.2 cm³/mol. The van der Waals surface area contributed by atoms with Crippen LogP contribution >= 0.6 is 12.0 Å². The molecule has 3 rings (SSSR count). The topological polar surface area (TPSA) is 88.4 Å². The molecule has 0 amide bonds.